The summed E-state index contributed by atoms with van der Waals surface area (Å²) in [7, 11) is 0. The van der Waals surface area contributed by atoms with Gasteiger partial charge in [-0.25, -0.2) is 0 Å². The summed E-state index contributed by atoms with van der Waals surface area (Å²) in [6, 6.07) is 13.7. The van der Waals surface area contributed by atoms with Crippen LogP contribution < -0.4 is 5.32 Å². The van der Waals surface area contributed by atoms with Crippen molar-refractivity contribution < 1.29 is 29.0 Å². The van der Waals surface area contributed by atoms with Crippen molar-refractivity contribution in [3.05, 3.63) is 65.2 Å². The SMILES string of the molecule is CCOC(=O)[C@@H]1[C@@H]2CC[C@]3(O2)[C@H](C(=O)Nc2c(C)cccc2C)N([C@@H](CO)Cc2ccccc2)C(=O)[C@@H]13. The summed E-state index contributed by atoms with van der Waals surface area (Å²) in [4.78, 5) is 42.7. The van der Waals surface area contributed by atoms with E-state index in [1.54, 1.807) is 6.92 Å². The van der Waals surface area contributed by atoms with Crippen LogP contribution in [0, 0.1) is 25.7 Å². The molecule has 2 bridgehead atoms. The van der Waals surface area contributed by atoms with Crippen LogP contribution in [0.5, 0.6) is 0 Å². The van der Waals surface area contributed by atoms with Gasteiger partial charge in [0.05, 0.1) is 37.2 Å². The predicted molar refractivity (Wildman–Crippen MR) is 137 cm³/mol. The number of esters is 1. The van der Waals surface area contributed by atoms with Crippen molar-refractivity contribution >= 4 is 23.5 Å². The van der Waals surface area contributed by atoms with Gasteiger partial charge < -0.3 is 24.8 Å². The largest absolute Gasteiger partial charge is 0.466 e. The highest BCUT2D eigenvalue weighted by molar-refractivity contribution is 6.04. The number of amides is 2. The van der Waals surface area contributed by atoms with Gasteiger partial charge in [-0.3, -0.25) is 14.4 Å². The highest BCUT2D eigenvalue weighted by Crippen LogP contribution is 2.59. The van der Waals surface area contributed by atoms with Gasteiger partial charge >= 0.3 is 5.97 Å². The number of hydrogen-bond donors (Lipinski definition) is 2. The minimum atomic E-state index is -1.15. The lowest BCUT2D eigenvalue weighted by Gasteiger charge is -2.37. The highest BCUT2D eigenvalue weighted by atomic mass is 16.6. The molecule has 3 aliphatic heterocycles. The number of likely N-dealkylation sites (tertiary alicyclic amines) is 1. The van der Waals surface area contributed by atoms with Crippen LogP contribution in [0.3, 0.4) is 0 Å². The van der Waals surface area contributed by atoms with E-state index >= 15 is 0 Å². The van der Waals surface area contributed by atoms with Crippen molar-refractivity contribution in [2.24, 2.45) is 11.8 Å². The molecule has 0 aliphatic carbocycles. The summed E-state index contributed by atoms with van der Waals surface area (Å²) in [5, 5.41) is 13.5. The van der Waals surface area contributed by atoms with E-state index in [0.29, 0.717) is 24.9 Å². The van der Waals surface area contributed by atoms with E-state index in [1.165, 1.54) is 4.90 Å². The zero-order valence-electron chi connectivity index (χ0n) is 21.5. The van der Waals surface area contributed by atoms with E-state index in [9.17, 15) is 19.5 Å². The number of carbonyl (C=O) groups excluding carboxylic acids is 3. The molecule has 2 aromatic rings. The van der Waals surface area contributed by atoms with Gasteiger partial charge in [0.2, 0.25) is 11.8 Å². The maximum absolute atomic E-state index is 14.1. The zero-order valence-corrected chi connectivity index (χ0v) is 21.5. The molecule has 0 saturated carbocycles. The van der Waals surface area contributed by atoms with Gasteiger partial charge in [-0.1, -0.05) is 48.5 Å². The number of aliphatic hydroxyl groups excluding tert-OH is 1. The normalized spacial score (nSPS) is 28.8. The van der Waals surface area contributed by atoms with Crippen LogP contribution in [0.1, 0.15) is 36.5 Å². The second kappa shape index (κ2) is 9.91. The predicted octanol–water partition coefficient (Wildman–Crippen LogP) is 2.78. The standard InChI is InChI=1S/C29H34N2O6/c1-4-36-28(35)22-21-13-14-29(37-21)23(22)27(34)31(20(16-32)15-19-11-6-5-7-12-19)25(29)26(33)30-24-17(2)9-8-10-18(24)3/h5-12,20-23,25,32H,4,13-16H2,1-3H3,(H,30,33)/t20-,21+,22-,23-,25+,29-/m1/s1. The molecule has 6 atom stereocenters. The number of anilines is 1. The number of hydrogen-bond acceptors (Lipinski definition) is 6. The molecule has 8 heteroatoms. The molecule has 5 rings (SSSR count). The maximum Gasteiger partial charge on any atom is 0.312 e. The maximum atomic E-state index is 14.1. The van der Waals surface area contributed by atoms with Crippen molar-refractivity contribution in [1.29, 1.82) is 0 Å². The average Bonchev–Trinajstić information content (AvgIpc) is 3.53. The topological polar surface area (TPSA) is 105 Å². The van der Waals surface area contributed by atoms with Gasteiger partial charge in [0.25, 0.3) is 0 Å². The molecule has 2 amide bonds. The summed E-state index contributed by atoms with van der Waals surface area (Å²) in [6.45, 7) is 5.43. The van der Waals surface area contributed by atoms with Crippen molar-refractivity contribution in [3.63, 3.8) is 0 Å². The number of carbonyl (C=O) groups is 3. The van der Waals surface area contributed by atoms with E-state index < -0.39 is 41.6 Å². The third kappa shape index (κ3) is 4.12. The van der Waals surface area contributed by atoms with Crippen molar-refractivity contribution in [1.82, 2.24) is 4.90 Å². The fraction of sp³-hybridized carbons (Fsp3) is 0.483. The zero-order chi connectivity index (χ0) is 26.3. The van der Waals surface area contributed by atoms with Crippen LogP contribution in [0.2, 0.25) is 0 Å². The van der Waals surface area contributed by atoms with Crippen LogP contribution in [-0.2, 0) is 30.3 Å². The first kappa shape index (κ1) is 25.4. The molecule has 1 spiro atoms. The Morgan fingerprint density at radius 2 is 1.86 bits per heavy atom. The molecule has 0 unspecified atom stereocenters. The Bertz CT molecular complexity index is 1180. The third-order valence-electron chi connectivity index (χ3n) is 8.19. The smallest absolute Gasteiger partial charge is 0.312 e. The van der Waals surface area contributed by atoms with Crippen LogP contribution in [0.15, 0.2) is 48.5 Å². The van der Waals surface area contributed by atoms with Gasteiger partial charge in [-0.2, -0.15) is 0 Å². The summed E-state index contributed by atoms with van der Waals surface area (Å²) in [6.07, 6.45) is 0.949. The lowest BCUT2D eigenvalue weighted by molar-refractivity contribution is -0.155. The monoisotopic (exact) mass is 506 g/mol. The summed E-state index contributed by atoms with van der Waals surface area (Å²) in [5.41, 5.74) is 2.29. The molecule has 0 radical (unpaired) electrons. The van der Waals surface area contributed by atoms with Gasteiger partial charge in [0, 0.05) is 5.69 Å². The van der Waals surface area contributed by atoms with Crippen LogP contribution >= 0.6 is 0 Å². The quantitative estimate of drug-likeness (QED) is 0.534. The molecule has 3 saturated heterocycles. The highest BCUT2D eigenvalue weighted by Gasteiger charge is 2.75. The first-order valence-corrected chi connectivity index (χ1v) is 13.0. The molecular formula is C29H34N2O6. The number of ether oxygens (including phenoxy) is 2. The van der Waals surface area contributed by atoms with Crippen LogP contribution in [0.4, 0.5) is 5.69 Å². The van der Waals surface area contributed by atoms with Gasteiger partial charge in [0.1, 0.15) is 11.6 Å². The molecule has 3 aliphatic rings. The number of rotatable bonds is 8. The van der Waals surface area contributed by atoms with Crippen molar-refractivity contribution in [2.45, 2.75) is 63.8 Å². The Morgan fingerprint density at radius 1 is 1.16 bits per heavy atom. The number of aliphatic hydroxyl groups is 1. The van der Waals surface area contributed by atoms with Gasteiger partial charge in [-0.15, -0.1) is 0 Å². The third-order valence-corrected chi connectivity index (χ3v) is 8.19. The fourth-order valence-corrected chi connectivity index (χ4v) is 6.63. The van der Waals surface area contributed by atoms with Crippen LogP contribution in [-0.4, -0.2) is 64.8 Å². The minimum Gasteiger partial charge on any atom is -0.466 e. The second-order valence-electron chi connectivity index (χ2n) is 10.3. The number of fused-ring (bicyclic) bond motifs is 1. The summed E-state index contributed by atoms with van der Waals surface area (Å²) >= 11 is 0. The Kier molecular flexibility index (Phi) is 6.81. The summed E-state index contributed by atoms with van der Waals surface area (Å²) < 4.78 is 11.8. The molecule has 37 heavy (non-hydrogen) atoms. The fourth-order valence-electron chi connectivity index (χ4n) is 6.63. The van der Waals surface area contributed by atoms with E-state index in [4.69, 9.17) is 9.47 Å². The Labute approximate surface area is 216 Å². The Morgan fingerprint density at radius 3 is 2.51 bits per heavy atom. The molecular weight excluding hydrogens is 472 g/mol. The molecule has 8 nitrogen and oxygen atoms in total. The van der Waals surface area contributed by atoms with E-state index in [2.05, 4.69) is 5.32 Å². The van der Waals surface area contributed by atoms with Gasteiger partial charge in [-0.05, 0) is 56.7 Å². The number of aryl methyl sites for hydroxylation is 2. The molecule has 3 heterocycles. The molecule has 2 aromatic carbocycles. The Hall–Kier alpha value is -3.23. The average molecular weight is 507 g/mol. The van der Waals surface area contributed by atoms with Gasteiger partial charge in [0.15, 0.2) is 0 Å². The lowest BCUT2D eigenvalue weighted by Crippen LogP contribution is -2.56. The lowest BCUT2D eigenvalue weighted by atomic mass is 9.70. The van der Waals surface area contributed by atoms with Crippen molar-refractivity contribution in [2.75, 3.05) is 18.5 Å². The van der Waals surface area contributed by atoms with Crippen molar-refractivity contribution in [3.8, 4) is 0 Å². The number of nitrogens with zero attached hydrogens (tertiary/aromatic N) is 1. The van der Waals surface area contributed by atoms with E-state index in [1.807, 2.05) is 62.4 Å². The molecule has 0 aromatic heterocycles. The molecule has 2 N–H and O–H groups in total. The van der Waals surface area contributed by atoms with E-state index in [-0.39, 0.29) is 25.0 Å². The molecule has 3 fully saturated rings. The Balaban J connectivity index is 1.56. The first-order valence-electron chi connectivity index (χ1n) is 13.0. The number of para-hydroxylation sites is 1. The summed E-state index contributed by atoms with van der Waals surface area (Å²) in [5.74, 6) is -2.77. The first-order chi connectivity index (χ1) is 17.8. The van der Waals surface area contributed by atoms with E-state index in [0.717, 1.165) is 16.7 Å². The second-order valence-corrected chi connectivity index (χ2v) is 10.3. The number of benzene rings is 2. The molecule has 196 valence electrons. The van der Waals surface area contributed by atoms with Crippen LogP contribution in [0.25, 0.3) is 0 Å². The minimum absolute atomic E-state index is 0.198. The number of nitrogens with one attached hydrogen (secondary N) is 1.